The number of hydrogen-bond acceptors (Lipinski definition) is 3. The van der Waals surface area contributed by atoms with E-state index in [1.165, 1.54) is 0 Å². The zero-order valence-electron chi connectivity index (χ0n) is 15.8. The molecule has 0 unspecified atom stereocenters. The second-order valence-electron chi connectivity index (χ2n) is 7.26. The highest BCUT2D eigenvalue weighted by molar-refractivity contribution is 5.91. The van der Waals surface area contributed by atoms with E-state index in [0.29, 0.717) is 19.4 Å². The SMILES string of the molecule is CCCNCCNC(=O)Cc1ccc(NC(=O)CC(C)(C)C)cc1.Cl. The van der Waals surface area contributed by atoms with E-state index in [9.17, 15) is 9.59 Å². The van der Waals surface area contributed by atoms with Crippen molar-refractivity contribution in [2.24, 2.45) is 5.41 Å². The lowest BCUT2D eigenvalue weighted by molar-refractivity contribution is -0.120. The molecule has 0 bridgehead atoms. The van der Waals surface area contributed by atoms with E-state index in [2.05, 4.69) is 22.9 Å². The Labute approximate surface area is 157 Å². The Hall–Kier alpha value is -1.59. The fourth-order valence-corrected chi connectivity index (χ4v) is 2.23. The lowest BCUT2D eigenvalue weighted by atomic mass is 9.92. The molecule has 0 aromatic heterocycles. The number of rotatable bonds is 9. The molecule has 0 aliphatic heterocycles. The first-order valence-electron chi connectivity index (χ1n) is 8.66. The average Bonchev–Trinajstić information content (AvgIpc) is 2.47. The Morgan fingerprint density at radius 3 is 2.16 bits per heavy atom. The third kappa shape index (κ3) is 11.6. The molecule has 0 aliphatic carbocycles. The molecule has 1 rings (SSSR count). The Bertz CT molecular complexity index is 524. The minimum absolute atomic E-state index is 0. The van der Waals surface area contributed by atoms with E-state index in [4.69, 9.17) is 0 Å². The van der Waals surface area contributed by atoms with Gasteiger partial charge in [0.15, 0.2) is 0 Å². The summed E-state index contributed by atoms with van der Waals surface area (Å²) in [6.45, 7) is 10.6. The number of hydrogen-bond donors (Lipinski definition) is 3. The highest BCUT2D eigenvalue weighted by Crippen LogP contribution is 2.19. The van der Waals surface area contributed by atoms with Crippen molar-refractivity contribution < 1.29 is 9.59 Å². The predicted octanol–water partition coefficient (Wildman–Crippen LogP) is 3.14. The molecule has 3 N–H and O–H groups in total. The molecule has 0 atom stereocenters. The summed E-state index contributed by atoms with van der Waals surface area (Å²) in [5.41, 5.74) is 1.66. The second kappa shape index (κ2) is 11.9. The number of benzene rings is 1. The van der Waals surface area contributed by atoms with Gasteiger partial charge in [-0.1, -0.05) is 39.8 Å². The Balaban J connectivity index is 0.00000576. The summed E-state index contributed by atoms with van der Waals surface area (Å²) in [4.78, 5) is 23.8. The van der Waals surface area contributed by atoms with Gasteiger partial charge in [0, 0.05) is 25.2 Å². The number of halogens is 1. The maximum atomic E-state index is 11.9. The highest BCUT2D eigenvalue weighted by Gasteiger charge is 2.15. The van der Waals surface area contributed by atoms with E-state index in [0.717, 1.165) is 30.8 Å². The number of carbonyl (C=O) groups is 2. The summed E-state index contributed by atoms with van der Waals surface area (Å²) in [5, 5.41) is 9.02. The van der Waals surface area contributed by atoms with Gasteiger partial charge >= 0.3 is 0 Å². The highest BCUT2D eigenvalue weighted by atomic mass is 35.5. The smallest absolute Gasteiger partial charge is 0.224 e. The molecule has 0 fully saturated rings. The molecule has 25 heavy (non-hydrogen) atoms. The molecule has 0 radical (unpaired) electrons. The van der Waals surface area contributed by atoms with Crippen LogP contribution in [-0.4, -0.2) is 31.4 Å². The predicted molar refractivity (Wildman–Crippen MR) is 106 cm³/mol. The van der Waals surface area contributed by atoms with Crippen LogP contribution in [0.25, 0.3) is 0 Å². The third-order valence-corrected chi connectivity index (χ3v) is 3.34. The summed E-state index contributed by atoms with van der Waals surface area (Å²) in [6.07, 6.45) is 1.92. The standard InChI is InChI=1S/C19H31N3O2.ClH/c1-5-10-20-11-12-21-17(23)13-15-6-8-16(9-7-15)22-18(24)14-19(2,3)4;/h6-9,20H,5,10-14H2,1-4H3,(H,21,23)(H,22,24);1H. The summed E-state index contributed by atoms with van der Waals surface area (Å²) < 4.78 is 0. The molecule has 0 aliphatic rings. The largest absolute Gasteiger partial charge is 0.355 e. The van der Waals surface area contributed by atoms with Crippen molar-refractivity contribution in [2.75, 3.05) is 25.0 Å². The van der Waals surface area contributed by atoms with Crippen molar-refractivity contribution in [1.82, 2.24) is 10.6 Å². The first-order valence-corrected chi connectivity index (χ1v) is 8.66. The fourth-order valence-electron chi connectivity index (χ4n) is 2.23. The van der Waals surface area contributed by atoms with Gasteiger partial charge in [-0.2, -0.15) is 0 Å². The summed E-state index contributed by atoms with van der Waals surface area (Å²) >= 11 is 0. The molecular formula is C19H32ClN3O2. The van der Waals surface area contributed by atoms with Gasteiger partial charge in [-0.05, 0) is 36.1 Å². The molecule has 0 saturated heterocycles. The number of carbonyl (C=O) groups excluding carboxylic acids is 2. The molecule has 1 aromatic carbocycles. The number of nitrogens with one attached hydrogen (secondary N) is 3. The zero-order chi connectivity index (χ0) is 18.0. The Morgan fingerprint density at radius 1 is 0.960 bits per heavy atom. The van der Waals surface area contributed by atoms with Gasteiger partial charge in [0.2, 0.25) is 11.8 Å². The number of amides is 2. The quantitative estimate of drug-likeness (QED) is 0.585. The van der Waals surface area contributed by atoms with Crippen molar-refractivity contribution in [2.45, 2.75) is 47.0 Å². The molecule has 5 nitrogen and oxygen atoms in total. The third-order valence-electron chi connectivity index (χ3n) is 3.34. The van der Waals surface area contributed by atoms with Gasteiger partial charge in [-0.25, -0.2) is 0 Å². The van der Waals surface area contributed by atoms with Crippen LogP contribution < -0.4 is 16.0 Å². The van der Waals surface area contributed by atoms with Gasteiger partial charge in [-0.3, -0.25) is 9.59 Å². The molecule has 1 aromatic rings. The van der Waals surface area contributed by atoms with Crippen molar-refractivity contribution in [3.05, 3.63) is 29.8 Å². The topological polar surface area (TPSA) is 70.2 Å². The van der Waals surface area contributed by atoms with Crippen LogP contribution in [0.5, 0.6) is 0 Å². The van der Waals surface area contributed by atoms with Crippen molar-refractivity contribution in [3.63, 3.8) is 0 Å². The van der Waals surface area contributed by atoms with Crippen LogP contribution in [0.2, 0.25) is 0 Å². The summed E-state index contributed by atoms with van der Waals surface area (Å²) in [6, 6.07) is 7.43. The Kier molecular flexibility index (Phi) is 11.1. The second-order valence-corrected chi connectivity index (χ2v) is 7.26. The molecule has 6 heteroatoms. The van der Waals surface area contributed by atoms with Crippen molar-refractivity contribution >= 4 is 29.9 Å². The Morgan fingerprint density at radius 2 is 1.60 bits per heavy atom. The van der Waals surface area contributed by atoms with Gasteiger partial charge in [0.1, 0.15) is 0 Å². The van der Waals surface area contributed by atoms with Crippen LogP contribution in [0.1, 0.15) is 46.1 Å². The lowest BCUT2D eigenvalue weighted by Gasteiger charge is -2.17. The average molecular weight is 370 g/mol. The maximum Gasteiger partial charge on any atom is 0.224 e. The van der Waals surface area contributed by atoms with E-state index in [1.807, 2.05) is 45.0 Å². The van der Waals surface area contributed by atoms with Gasteiger partial charge < -0.3 is 16.0 Å². The molecule has 0 saturated carbocycles. The monoisotopic (exact) mass is 369 g/mol. The molecular weight excluding hydrogens is 338 g/mol. The van der Waals surface area contributed by atoms with E-state index in [1.54, 1.807) is 0 Å². The molecule has 0 heterocycles. The van der Waals surface area contributed by atoms with Crippen LogP contribution in [0.3, 0.4) is 0 Å². The maximum absolute atomic E-state index is 11.9. The van der Waals surface area contributed by atoms with Crippen LogP contribution in [0.15, 0.2) is 24.3 Å². The van der Waals surface area contributed by atoms with Gasteiger partial charge in [0.25, 0.3) is 0 Å². The van der Waals surface area contributed by atoms with E-state index >= 15 is 0 Å². The zero-order valence-corrected chi connectivity index (χ0v) is 16.6. The fraction of sp³-hybridized carbons (Fsp3) is 0.579. The number of anilines is 1. The summed E-state index contributed by atoms with van der Waals surface area (Å²) in [5.74, 6) is 0.0189. The van der Waals surface area contributed by atoms with Crippen LogP contribution in [-0.2, 0) is 16.0 Å². The van der Waals surface area contributed by atoms with E-state index in [-0.39, 0.29) is 29.6 Å². The van der Waals surface area contributed by atoms with Crippen LogP contribution in [0.4, 0.5) is 5.69 Å². The lowest BCUT2D eigenvalue weighted by Crippen LogP contribution is -2.32. The van der Waals surface area contributed by atoms with Crippen molar-refractivity contribution in [3.8, 4) is 0 Å². The normalized spacial score (nSPS) is 10.7. The first-order chi connectivity index (χ1) is 11.3. The first kappa shape index (κ1) is 23.4. The minimum atomic E-state index is -0.0336. The van der Waals surface area contributed by atoms with Crippen LogP contribution >= 0.6 is 12.4 Å². The van der Waals surface area contributed by atoms with Crippen LogP contribution in [0, 0.1) is 5.41 Å². The van der Waals surface area contributed by atoms with Crippen molar-refractivity contribution in [1.29, 1.82) is 0 Å². The molecule has 2 amide bonds. The van der Waals surface area contributed by atoms with Gasteiger partial charge in [0.05, 0.1) is 6.42 Å². The minimum Gasteiger partial charge on any atom is -0.355 e. The molecule has 0 spiro atoms. The summed E-state index contributed by atoms with van der Waals surface area (Å²) in [7, 11) is 0. The van der Waals surface area contributed by atoms with E-state index < -0.39 is 0 Å². The van der Waals surface area contributed by atoms with Gasteiger partial charge in [-0.15, -0.1) is 12.4 Å². The molecule has 142 valence electrons.